The molecule has 130 valence electrons. The molecule has 3 rings (SSSR count). The van der Waals surface area contributed by atoms with Crippen LogP contribution in [0.5, 0.6) is 0 Å². The van der Waals surface area contributed by atoms with Crippen LogP contribution < -0.4 is 5.32 Å². The Bertz CT molecular complexity index is 900. The molecule has 25 heavy (non-hydrogen) atoms. The van der Waals surface area contributed by atoms with E-state index in [1.807, 2.05) is 6.92 Å². The number of aromatic nitrogens is 4. The molecule has 8 heteroatoms. The average molecular weight is 362 g/mol. The first-order valence-corrected chi connectivity index (χ1v) is 8.17. The van der Waals surface area contributed by atoms with Crippen LogP contribution in [0.15, 0.2) is 36.7 Å². The van der Waals surface area contributed by atoms with Gasteiger partial charge in [0.05, 0.1) is 17.8 Å². The van der Waals surface area contributed by atoms with Crippen LogP contribution in [0.4, 0.5) is 10.2 Å². The van der Waals surface area contributed by atoms with Crippen molar-refractivity contribution in [2.45, 2.75) is 26.9 Å². The molecule has 1 N–H and O–H groups in total. The van der Waals surface area contributed by atoms with E-state index in [0.717, 1.165) is 5.56 Å². The van der Waals surface area contributed by atoms with E-state index >= 15 is 0 Å². The minimum Gasteiger partial charge on any atom is -0.304 e. The van der Waals surface area contributed by atoms with Crippen molar-refractivity contribution in [3.05, 3.63) is 64.3 Å². The van der Waals surface area contributed by atoms with E-state index in [9.17, 15) is 9.18 Å². The van der Waals surface area contributed by atoms with Gasteiger partial charge >= 0.3 is 0 Å². The van der Waals surface area contributed by atoms with Gasteiger partial charge in [-0.05, 0) is 31.5 Å². The number of anilines is 1. The molecule has 6 nitrogen and oxygen atoms in total. The molecule has 2 heterocycles. The summed E-state index contributed by atoms with van der Waals surface area (Å²) in [5.74, 6) is -0.332. The molecular formula is C17H17ClFN5O. The maximum absolute atomic E-state index is 13.0. The van der Waals surface area contributed by atoms with Gasteiger partial charge < -0.3 is 5.32 Å². The lowest BCUT2D eigenvalue weighted by Gasteiger charge is -2.02. The fourth-order valence-corrected chi connectivity index (χ4v) is 2.61. The van der Waals surface area contributed by atoms with E-state index in [1.54, 1.807) is 40.8 Å². The van der Waals surface area contributed by atoms with Crippen molar-refractivity contribution in [1.82, 2.24) is 19.6 Å². The van der Waals surface area contributed by atoms with Gasteiger partial charge in [0.15, 0.2) is 5.82 Å². The number of benzene rings is 1. The predicted molar refractivity (Wildman–Crippen MR) is 93.3 cm³/mol. The van der Waals surface area contributed by atoms with Gasteiger partial charge in [-0.2, -0.15) is 10.2 Å². The third kappa shape index (κ3) is 3.88. The lowest BCUT2D eigenvalue weighted by atomic mass is 10.2. The summed E-state index contributed by atoms with van der Waals surface area (Å²) in [7, 11) is 0. The average Bonchev–Trinajstić information content (AvgIpc) is 3.12. The van der Waals surface area contributed by atoms with Gasteiger partial charge in [0.2, 0.25) is 0 Å². The van der Waals surface area contributed by atoms with E-state index in [-0.39, 0.29) is 17.5 Å². The Morgan fingerprint density at radius 3 is 2.56 bits per heavy atom. The van der Waals surface area contributed by atoms with Crippen LogP contribution in [0.25, 0.3) is 0 Å². The molecule has 0 aliphatic heterocycles. The van der Waals surface area contributed by atoms with Crippen molar-refractivity contribution in [2.75, 3.05) is 5.32 Å². The maximum Gasteiger partial charge on any atom is 0.260 e. The molecule has 1 amide bonds. The number of hydrogen-bond acceptors (Lipinski definition) is 3. The minimum absolute atomic E-state index is 0.275. The van der Waals surface area contributed by atoms with Crippen LogP contribution in [-0.2, 0) is 13.1 Å². The summed E-state index contributed by atoms with van der Waals surface area (Å²) in [6, 6.07) is 6.12. The standard InChI is InChI=1S/C17H17ClFN5O/c1-3-23-9-14(11(2)21-23)17(25)20-16-15(18)10-24(22-16)8-12-4-6-13(19)7-5-12/h4-7,9-10H,3,8H2,1-2H3,(H,20,22,25). The summed E-state index contributed by atoms with van der Waals surface area (Å²) < 4.78 is 16.2. The molecule has 1 aromatic carbocycles. The normalized spacial score (nSPS) is 10.9. The SMILES string of the molecule is CCn1cc(C(=O)Nc2nn(Cc3ccc(F)cc3)cc2Cl)c(C)n1. The maximum atomic E-state index is 13.0. The van der Waals surface area contributed by atoms with Crippen LogP contribution in [0.1, 0.15) is 28.5 Å². The highest BCUT2D eigenvalue weighted by Crippen LogP contribution is 2.21. The quantitative estimate of drug-likeness (QED) is 0.756. The second kappa shape index (κ2) is 7.06. The Hall–Kier alpha value is -2.67. The Kier molecular flexibility index (Phi) is 4.85. The first kappa shape index (κ1) is 17.2. The molecule has 0 aliphatic rings. The molecule has 3 aromatic rings. The summed E-state index contributed by atoms with van der Waals surface area (Å²) in [5.41, 5.74) is 1.99. The number of amides is 1. The molecule has 0 bridgehead atoms. The lowest BCUT2D eigenvalue weighted by Crippen LogP contribution is -2.13. The number of aryl methyl sites for hydroxylation is 2. The first-order chi connectivity index (χ1) is 12.0. The molecular weight excluding hydrogens is 345 g/mol. The Labute approximate surface area is 149 Å². The number of carbonyl (C=O) groups excluding carboxylic acids is 1. The van der Waals surface area contributed by atoms with Crippen LogP contribution in [-0.4, -0.2) is 25.5 Å². The Morgan fingerprint density at radius 2 is 1.92 bits per heavy atom. The number of nitrogens with zero attached hydrogens (tertiary/aromatic N) is 4. The fourth-order valence-electron chi connectivity index (χ4n) is 2.42. The van der Waals surface area contributed by atoms with Gasteiger partial charge in [0.1, 0.15) is 10.8 Å². The van der Waals surface area contributed by atoms with Gasteiger partial charge in [-0.15, -0.1) is 0 Å². The van der Waals surface area contributed by atoms with Crippen molar-refractivity contribution in [1.29, 1.82) is 0 Å². The fraction of sp³-hybridized carbons (Fsp3) is 0.235. The number of hydrogen-bond donors (Lipinski definition) is 1. The summed E-state index contributed by atoms with van der Waals surface area (Å²) in [4.78, 5) is 12.4. The van der Waals surface area contributed by atoms with E-state index in [0.29, 0.717) is 29.4 Å². The van der Waals surface area contributed by atoms with Crippen LogP contribution >= 0.6 is 11.6 Å². The summed E-state index contributed by atoms with van der Waals surface area (Å²) in [5, 5.41) is 11.6. The summed E-state index contributed by atoms with van der Waals surface area (Å²) in [6.07, 6.45) is 3.30. The van der Waals surface area contributed by atoms with Crippen molar-refractivity contribution >= 4 is 23.3 Å². The van der Waals surface area contributed by atoms with Gasteiger partial charge in [-0.3, -0.25) is 14.2 Å². The number of carbonyl (C=O) groups is 1. The Morgan fingerprint density at radius 1 is 1.20 bits per heavy atom. The van der Waals surface area contributed by atoms with Gasteiger partial charge in [0.25, 0.3) is 5.91 Å². The second-order valence-corrected chi connectivity index (χ2v) is 5.99. The number of rotatable bonds is 5. The molecule has 0 saturated heterocycles. The molecule has 2 aromatic heterocycles. The smallest absolute Gasteiger partial charge is 0.260 e. The van der Waals surface area contributed by atoms with Crippen molar-refractivity contribution < 1.29 is 9.18 Å². The molecule has 0 atom stereocenters. The van der Waals surface area contributed by atoms with Crippen LogP contribution in [0, 0.1) is 12.7 Å². The molecule has 0 fully saturated rings. The number of halogens is 2. The molecule has 0 radical (unpaired) electrons. The molecule has 0 aliphatic carbocycles. The zero-order valence-corrected chi connectivity index (χ0v) is 14.6. The molecule has 0 spiro atoms. The monoisotopic (exact) mass is 361 g/mol. The highest BCUT2D eigenvalue weighted by molar-refractivity contribution is 6.33. The van der Waals surface area contributed by atoms with Crippen molar-refractivity contribution in [3.8, 4) is 0 Å². The van der Waals surface area contributed by atoms with E-state index in [1.165, 1.54) is 12.1 Å². The van der Waals surface area contributed by atoms with Gasteiger partial charge in [-0.1, -0.05) is 23.7 Å². The third-order valence-corrected chi connectivity index (χ3v) is 4.00. The predicted octanol–water partition coefficient (Wildman–Crippen LogP) is 3.50. The highest BCUT2D eigenvalue weighted by atomic mass is 35.5. The molecule has 0 unspecified atom stereocenters. The van der Waals surface area contributed by atoms with E-state index < -0.39 is 0 Å². The third-order valence-electron chi connectivity index (χ3n) is 3.72. The van der Waals surface area contributed by atoms with Gasteiger partial charge in [-0.25, -0.2) is 4.39 Å². The highest BCUT2D eigenvalue weighted by Gasteiger charge is 2.16. The summed E-state index contributed by atoms with van der Waals surface area (Å²) >= 11 is 6.16. The second-order valence-electron chi connectivity index (χ2n) is 5.59. The first-order valence-electron chi connectivity index (χ1n) is 7.79. The minimum atomic E-state index is -0.314. The van der Waals surface area contributed by atoms with E-state index in [2.05, 4.69) is 15.5 Å². The zero-order chi connectivity index (χ0) is 18.0. The van der Waals surface area contributed by atoms with Crippen molar-refractivity contribution in [3.63, 3.8) is 0 Å². The topological polar surface area (TPSA) is 64.7 Å². The number of nitrogens with one attached hydrogen (secondary N) is 1. The largest absolute Gasteiger partial charge is 0.304 e. The lowest BCUT2D eigenvalue weighted by molar-refractivity contribution is 0.102. The van der Waals surface area contributed by atoms with E-state index in [4.69, 9.17) is 11.6 Å². The van der Waals surface area contributed by atoms with Crippen LogP contribution in [0.2, 0.25) is 5.02 Å². The van der Waals surface area contributed by atoms with Crippen molar-refractivity contribution in [2.24, 2.45) is 0 Å². The Balaban J connectivity index is 1.74. The van der Waals surface area contributed by atoms with Crippen LogP contribution in [0.3, 0.4) is 0 Å². The molecule has 0 saturated carbocycles. The summed E-state index contributed by atoms with van der Waals surface area (Å²) in [6.45, 7) is 4.82. The zero-order valence-electron chi connectivity index (χ0n) is 13.8. The van der Waals surface area contributed by atoms with Gasteiger partial charge in [0, 0.05) is 18.9 Å².